The van der Waals surface area contributed by atoms with Crippen molar-refractivity contribution in [3.63, 3.8) is 0 Å². The van der Waals surface area contributed by atoms with Gasteiger partial charge < -0.3 is 10.1 Å². The van der Waals surface area contributed by atoms with E-state index in [9.17, 15) is 14.8 Å². The molecule has 0 bridgehead atoms. The van der Waals surface area contributed by atoms with Gasteiger partial charge in [0.1, 0.15) is 6.04 Å². The lowest BCUT2D eigenvalue weighted by Gasteiger charge is -2.34. The number of nitrogens with zero attached hydrogens (tertiary/aromatic N) is 2. The van der Waals surface area contributed by atoms with E-state index in [1.165, 1.54) is 43.2 Å². The summed E-state index contributed by atoms with van der Waals surface area (Å²) in [5, 5.41) is 12.3. The smallest absolute Gasteiger partial charge is 0.261 e. The number of nitrogens with one attached hydrogen (secondary N) is 2. The summed E-state index contributed by atoms with van der Waals surface area (Å²) in [6, 6.07) is 15.0. The summed E-state index contributed by atoms with van der Waals surface area (Å²) < 4.78 is 7.48. The number of hydroxylamine groups is 1. The topological polar surface area (TPSA) is 94.1 Å². The standard InChI is InChI=1S/C30H44N4O4S/c1-4-5-6-7-8-24-9-11-25(12-10-24)29(35)31-26-13-15-27(16-14-26)39-34(28(23(2)3)30(36)32-37)18-17-33-19-21-38-22-20-33/h9-16,23,28,37H,4-8,17-22H2,1-3H3,(H,31,35)(H,32,36)/t28-/m1/s1. The molecule has 3 rings (SSSR count). The van der Waals surface area contributed by atoms with Crippen LogP contribution in [0.3, 0.4) is 0 Å². The van der Waals surface area contributed by atoms with Crippen LogP contribution < -0.4 is 10.8 Å². The number of hydrogen-bond donors (Lipinski definition) is 3. The first-order chi connectivity index (χ1) is 18.9. The van der Waals surface area contributed by atoms with Gasteiger partial charge in [-0.05, 0) is 72.7 Å². The molecular formula is C30H44N4O4S. The molecule has 1 fully saturated rings. The Morgan fingerprint density at radius 3 is 2.33 bits per heavy atom. The minimum absolute atomic E-state index is 0.00405. The number of aryl methyl sites for hydroxylation is 1. The molecule has 2 amide bonds. The van der Waals surface area contributed by atoms with Crippen LogP contribution in [-0.4, -0.2) is 71.7 Å². The van der Waals surface area contributed by atoms with Gasteiger partial charge in [-0.15, -0.1) is 0 Å². The number of carbonyl (C=O) groups excluding carboxylic acids is 2. The molecule has 3 N–H and O–H groups in total. The Kier molecular flexibility index (Phi) is 13.3. The molecule has 8 nitrogen and oxygen atoms in total. The fraction of sp³-hybridized carbons (Fsp3) is 0.533. The summed E-state index contributed by atoms with van der Waals surface area (Å²) in [4.78, 5) is 28.6. The lowest BCUT2D eigenvalue weighted by atomic mass is 10.0. The predicted octanol–water partition coefficient (Wildman–Crippen LogP) is 5.23. The lowest BCUT2D eigenvalue weighted by Crippen LogP contribution is -2.49. The molecule has 0 aromatic heterocycles. The van der Waals surface area contributed by atoms with Gasteiger partial charge in [-0.1, -0.05) is 52.2 Å². The zero-order chi connectivity index (χ0) is 28.0. The van der Waals surface area contributed by atoms with Gasteiger partial charge >= 0.3 is 0 Å². The molecule has 0 aliphatic carbocycles. The van der Waals surface area contributed by atoms with Crippen LogP contribution in [0.15, 0.2) is 53.4 Å². The van der Waals surface area contributed by atoms with Crippen LogP contribution in [-0.2, 0) is 16.0 Å². The number of rotatable bonds is 15. The van der Waals surface area contributed by atoms with Gasteiger partial charge in [-0.3, -0.25) is 19.7 Å². The van der Waals surface area contributed by atoms with E-state index in [0.29, 0.717) is 31.0 Å². The number of hydrogen-bond acceptors (Lipinski definition) is 7. The molecular weight excluding hydrogens is 512 g/mol. The quantitative estimate of drug-likeness (QED) is 0.120. The third-order valence-corrected chi connectivity index (χ3v) is 8.06. The van der Waals surface area contributed by atoms with Crippen molar-refractivity contribution in [2.75, 3.05) is 44.7 Å². The third-order valence-electron chi connectivity index (χ3n) is 6.93. The number of ether oxygens (including phenoxy) is 1. The molecule has 0 unspecified atom stereocenters. The predicted molar refractivity (Wildman–Crippen MR) is 157 cm³/mol. The SMILES string of the molecule is CCCCCCc1ccc(C(=O)Nc2ccc(SN(CCN3CCOCC3)[C@@H](C(=O)NO)C(C)C)cc2)cc1. The molecule has 39 heavy (non-hydrogen) atoms. The molecule has 0 saturated carbocycles. The minimum atomic E-state index is -0.505. The zero-order valence-electron chi connectivity index (χ0n) is 23.5. The van der Waals surface area contributed by atoms with Gasteiger partial charge in [-0.25, -0.2) is 9.79 Å². The first-order valence-corrected chi connectivity index (χ1v) is 14.9. The Balaban J connectivity index is 1.60. The number of morpholine rings is 1. The summed E-state index contributed by atoms with van der Waals surface area (Å²) in [5.41, 5.74) is 4.44. The average Bonchev–Trinajstić information content (AvgIpc) is 2.95. The summed E-state index contributed by atoms with van der Waals surface area (Å²) >= 11 is 1.48. The molecule has 0 radical (unpaired) electrons. The highest BCUT2D eigenvalue weighted by Crippen LogP contribution is 2.29. The molecule has 9 heteroatoms. The van der Waals surface area contributed by atoms with Crippen LogP contribution in [0.2, 0.25) is 0 Å². The fourth-order valence-corrected chi connectivity index (χ4v) is 5.81. The van der Waals surface area contributed by atoms with E-state index in [0.717, 1.165) is 31.0 Å². The summed E-state index contributed by atoms with van der Waals surface area (Å²) in [6.45, 7) is 10.8. The fourth-order valence-electron chi connectivity index (χ4n) is 4.65. The first kappa shape index (κ1) is 31.1. The summed E-state index contributed by atoms with van der Waals surface area (Å²) in [7, 11) is 0. The molecule has 1 atom stereocenters. The van der Waals surface area contributed by atoms with Crippen LogP contribution in [0.4, 0.5) is 5.69 Å². The van der Waals surface area contributed by atoms with Gasteiger partial charge in [-0.2, -0.15) is 0 Å². The maximum Gasteiger partial charge on any atom is 0.261 e. The van der Waals surface area contributed by atoms with Crippen LogP contribution in [0.1, 0.15) is 62.4 Å². The summed E-state index contributed by atoms with van der Waals surface area (Å²) in [5.74, 6) is -0.564. The van der Waals surface area contributed by atoms with E-state index in [1.54, 1.807) is 0 Å². The van der Waals surface area contributed by atoms with E-state index in [-0.39, 0.29) is 11.8 Å². The molecule has 214 valence electrons. The van der Waals surface area contributed by atoms with Crippen molar-refractivity contribution in [2.24, 2.45) is 5.92 Å². The molecule has 2 aromatic carbocycles. The molecule has 0 spiro atoms. The van der Waals surface area contributed by atoms with Crippen molar-refractivity contribution in [1.29, 1.82) is 0 Å². The zero-order valence-corrected chi connectivity index (χ0v) is 24.3. The first-order valence-electron chi connectivity index (χ1n) is 14.1. The normalized spacial score (nSPS) is 14.9. The largest absolute Gasteiger partial charge is 0.379 e. The Labute approximate surface area is 237 Å². The van der Waals surface area contributed by atoms with Crippen LogP contribution >= 0.6 is 11.9 Å². The highest BCUT2D eigenvalue weighted by atomic mass is 32.2. The van der Waals surface area contributed by atoms with Crippen molar-refractivity contribution >= 4 is 29.4 Å². The second kappa shape index (κ2) is 16.6. The van der Waals surface area contributed by atoms with E-state index >= 15 is 0 Å². The van der Waals surface area contributed by atoms with E-state index in [1.807, 2.05) is 72.2 Å². The van der Waals surface area contributed by atoms with E-state index in [2.05, 4.69) is 17.1 Å². The number of benzene rings is 2. The van der Waals surface area contributed by atoms with E-state index in [4.69, 9.17) is 4.74 Å². The molecule has 1 aliphatic rings. The second-order valence-corrected chi connectivity index (χ2v) is 11.5. The Bertz CT molecular complexity index is 1010. The van der Waals surface area contributed by atoms with Crippen LogP contribution in [0.5, 0.6) is 0 Å². The molecule has 1 saturated heterocycles. The van der Waals surface area contributed by atoms with Crippen LogP contribution in [0.25, 0.3) is 0 Å². The Morgan fingerprint density at radius 2 is 1.72 bits per heavy atom. The van der Waals surface area contributed by atoms with Crippen molar-refractivity contribution in [2.45, 2.75) is 63.8 Å². The van der Waals surface area contributed by atoms with Gasteiger partial charge in [0, 0.05) is 42.3 Å². The lowest BCUT2D eigenvalue weighted by molar-refractivity contribution is -0.134. The Morgan fingerprint density at radius 1 is 1.03 bits per heavy atom. The van der Waals surface area contributed by atoms with Crippen molar-refractivity contribution < 1.29 is 19.5 Å². The van der Waals surface area contributed by atoms with Crippen molar-refractivity contribution in [1.82, 2.24) is 14.7 Å². The van der Waals surface area contributed by atoms with Gasteiger partial charge in [0.05, 0.1) is 13.2 Å². The molecule has 1 heterocycles. The monoisotopic (exact) mass is 556 g/mol. The highest BCUT2D eigenvalue weighted by molar-refractivity contribution is 7.97. The van der Waals surface area contributed by atoms with Gasteiger partial charge in [0.15, 0.2) is 0 Å². The number of carbonyl (C=O) groups is 2. The number of amides is 2. The third kappa shape index (κ3) is 10.2. The van der Waals surface area contributed by atoms with Crippen molar-refractivity contribution in [3.05, 3.63) is 59.7 Å². The van der Waals surface area contributed by atoms with Gasteiger partial charge in [0.2, 0.25) is 0 Å². The number of unbranched alkanes of at least 4 members (excludes halogenated alkanes) is 3. The highest BCUT2D eigenvalue weighted by Gasteiger charge is 2.30. The molecule has 1 aliphatic heterocycles. The van der Waals surface area contributed by atoms with Crippen LogP contribution in [0, 0.1) is 5.92 Å². The maximum atomic E-state index is 12.8. The minimum Gasteiger partial charge on any atom is -0.379 e. The Hall–Kier alpha value is -2.43. The van der Waals surface area contributed by atoms with Crippen molar-refractivity contribution in [3.8, 4) is 0 Å². The average molecular weight is 557 g/mol. The van der Waals surface area contributed by atoms with Gasteiger partial charge in [0.25, 0.3) is 11.8 Å². The number of anilines is 1. The van der Waals surface area contributed by atoms with E-state index < -0.39 is 11.9 Å². The summed E-state index contributed by atoms with van der Waals surface area (Å²) in [6.07, 6.45) is 5.95. The maximum absolute atomic E-state index is 12.8. The second-order valence-electron chi connectivity index (χ2n) is 10.3. The molecule has 2 aromatic rings.